The summed E-state index contributed by atoms with van der Waals surface area (Å²) in [5.74, 6) is -0.754. The Morgan fingerprint density at radius 3 is 2.22 bits per heavy atom. The summed E-state index contributed by atoms with van der Waals surface area (Å²) in [6, 6.07) is 0. The minimum absolute atomic E-state index is 0.0243. The van der Waals surface area contributed by atoms with E-state index in [0.717, 1.165) is 13.0 Å². The molecule has 0 bridgehead atoms. The molecule has 5 nitrogen and oxygen atoms in total. The molecule has 0 spiro atoms. The normalized spacial score (nSPS) is 32.5. The lowest BCUT2D eigenvalue weighted by Crippen LogP contribution is -2.37. The second-order valence-electron chi connectivity index (χ2n) is 5.32. The van der Waals surface area contributed by atoms with Crippen molar-refractivity contribution in [2.24, 2.45) is 11.8 Å². The number of carboxylic acids is 1. The largest absolute Gasteiger partial charge is 0.481 e. The number of likely N-dealkylation sites (tertiary alicyclic amines) is 1. The first-order valence-electron chi connectivity index (χ1n) is 6.66. The van der Waals surface area contributed by atoms with Crippen LogP contribution in [0.15, 0.2) is 0 Å². The van der Waals surface area contributed by atoms with E-state index in [4.69, 9.17) is 9.84 Å². The molecule has 2 aliphatic rings. The van der Waals surface area contributed by atoms with Gasteiger partial charge < -0.3 is 14.7 Å². The molecule has 5 heteroatoms. The monoisotopic (exact) mass is 255 g/mol. The van der Waals surface area contributed by atoms with Crippen molar-refractivity contribution >= 4 is 11.9 Å². The van der Waals surface area contributed by atoms with Crippen molar-refractivity contribution in [2.45, 2.75) is 38.2 Å². The standard InChI is InChI=1S/C13H21NO4/c1-18-11-6-7-14(8-11)12(15)9-2-4-10(5-3-9)13(16)17/h9-11H,2-8H2,1H3,(H,16,17). The zero-order valence-electron chi connectivity index (χ0n) is 10.8. The van der Waals surface area contributed by atoms with E-state index in [2.05, 4.69) is 0 Å². The van der Waals surface area contributed by atoms with Crippen molar-refractivity contribution in [3.63, 3.8) is 0 Å². The predicted molar refractivity (Wildman–Crippen MR) is 65.1 cm³/mol. The highest BCUT2D eigenvalue weighted by atomic mass is 16.5. The zero-order valence-corrected chi connectivity index (χ0v) is 10.8. The van der Waals surface area contributed by atoms with Crippen LogP contribution in [0.4, 0.5) is 0 Å². The van der Waals surface area contributed by atoms with Crippen LogP contribution in [0, 0.1) is 11.8 Å². The molecule has 1 amide bonds. The van der Waals surface area contributed by atoms with Gasteiger partial charge in [-0.3, -0.25) is 9.59 Å². The lowest BCUT2D eigenvalue weighted by molar-refractivity contribution is -0.145. The zero-order chi connectivity index (χ0) is 13.1. The maximum absolute atomic E-state index is 12.3. The molecule has 1 saturated carbocycles. The molecule has 1 unspecified atom stereocenters. The maximum atomic E-state index is 12.3. The van der Waals surface area contributed by atoms with Crippen LogP contribution in [0.5, 0.6) is 0 Å². The molecule has 0 aromatic carbocycles. The Hall–Kier alpha value is -1.10. The first-order valence-corrected chi connectivity index (χ1v) is 6.66. The Morgan fingerprint density at radius 2 is 1.72 bits per heavy atom. The van der Waals surface area contributed by atoms with Crippen LogP contribution in [0.25, 0.3) is 0 Å². The second kappa shape index (κ2) is 5.69. The van der Waals surface area contributed by atoms with E-state index in [-0.39, 0.29) is 23.8 Å². The van der Waals surface area contributed by atoms with E-state index in [1.807, 2.05) is 4.90 Å². The molecule has 1 saturated heterocycles. The van der Waals surface area contributed by atoms with Crippen LogP contribution < -0.4 is 0 Å². The quantitative estimate of drug-likeness (QED) is 0.820. The summed E-state index contributed by atoms with van der Waals surface area (Å²) < 4.78 is 5.26. The van der Waals surface area contributed by atoms with Gasteiger partial charge in [0.05, 0.1) is 12.0 Å². The third kappa shape index (κ3) is 2.83. The number of hydrogen-bond donors (Lipinski definition) is 1. The van der Waals surface area contributed by atoms with Crippen LogP contribution in [-0.2, 0) is 14.3 Å². The summed E-state index contributed by atoms with van der Waals surface area (Å²) >= 11 is 0. The Morgan fingerprint density at radius 1 is 1.11 bits per heavy atom. The van der Waals surface area contributed by atoms with Crippen molar-refractivity contribution in [2.75, 3.05) is 20.2 Å². The van der Waals surface area contributed by atoms with Gasteiger partial charge in [-0.15, -0.1) is 0 Å². The summed E-state index contributed by atoms with van der Waals surface area (Å²) in [6.45, 7) is 1.46. The van der Waals surface area contributed by atoms with E-state index < -0.39 is 5.97 Å². The van der Waals surface area contributed by atoms with Gasteiger partial charge in [0.25, 0.3) is 0 Å². The number of methoxy groups -OCH3 is 1. The topological polar surface area (TPSA) is 66.8 Å². The van der Waals surface area contributed by atoms with Gasteiger partial charge in [-0.2, -0.15) is 0 Å². The third-order valence-electron chi connectivity index (χ3n) is 4.22. The van der Waals surface area contributed by atoms with E-state index >= 15 is 0 Å². The highest BCUT2D eigenvalue weighted by Gasteiger charge is 2.34. The Kier molecular flexibility index (Phi) is 4.22. The van der Waals surface area contributed by atoms with Crippen molar-refractivity contribution in [3.05, 3.63) is 0 Å². The molecular formula is C13H21NO4. The number of carboxylic acid groups (broad SMARTS) is 1. The fraction of sp³-hybridized carbons (Fsp3) is 0.846. The molecule has 1 atom stereocenters. The number of nitrogens with zero attached hydrogens (tertiary/aromatic N) is 1. The molecule has 1 heterocycles. The lowest BCUT2D eigenvalue weighted by atomic mass is 9.81. The summed E-state index contributed by atoms with van der Waals surface area (Å²) in [4.78, 5) is 25.0. The molecule has 2 fully saturated rings. The second-order valence-corrected chi connectivity index (χ2v) is 5.32. The van der Waals surface area contributed by atoms with Crippen molar-refractivity contribution in [1.82, 2.24) is 4.90 Å². The molecular weight excluding hydrogens is 234 g/mol. The van der Waals surface area contributed by atoms with Crippen LogP contribution >= 0.6 is 0 Å². The summed E-state index contributed by atoms with van der Waals surface area (Å²) in [5, 5.41) is 8.93. The SMILES string of the molecule is COC1CCN(C(=O)C2CCC(C(=O)O)CC2)C1. The number of aliphatic carboxylic acids is 1. The molecule has 1 aliphatic carbocycles. The first kappa shape index (κ1) is 13.3. The molecule has 102 valence electrons. The van der Waals surface area contributed by atoms with E-state index in [0.29, 0.717) is 32.2 Å². The molecule has 1 aliphatic heterocycles. The summed E-state index contributed by atoms with van der Waals surface area (Å²) in [7, 11) is 1.68. The number of carbonyl (C=O) groups is 2. The van der Waals surface area contributed by atoms with Crippen LogP contribution in [-0.4, -0.2) is 48.2 Å². The van der Waals surface area contributed by atoms with Crippen LogP contribution in [0.3, 0.4) is 0 Å². The van der Waals surface area contributed by atoms with Gasteiger partial charge in [0.15, 0.2) is 0 Å². The molecule has 0 aromatic rings. The number of amides is 1. The Balaban J connectivity index is 1.83. The number of rotatable bonds is 3. The van der Waals surface area contributed by atoms with E-state index in [1.165, 1.54) is 0 Å². The molecule has 1 N–H and O–H groups in total. The number of carbonyl (C=O) groups excluding carboxylic acids is 1. The summed E-state index contributed by atoms with van der Waals surface area (Å²) in [6.07, 6.45) is 3.77. The average Bonchev–Trinajstić information content (AvgIpc) is 2.86. The molecule has 2 rings (SSSR count). The van der Waals surface area contributed by atoms with Crippen molar-refractivity contribution < 1.29 is 19.4 Å². The Bertz CT molecular complexity index is 323. The molecule has 0 radical (unpaired) electrons. The fourth-order valence-electron chi connectivity index (χ4n) is 2.97. The van der Waals surface area contributed by atoms with Gasteiger partial charge in [0, 0.05) is 26.1 Å². The first-order chi connectivity index (χ1) is 8.61. The van der Waals surface area contributed by atoms with Gasteiger partial charge >= 0.3 is 5.97 Å². The number of ether oxygens (including phenoxy) is 1. The van der Waals surface area contributed by atoms with Gasteiger partial charge in [0.2, 0.25) is 5.91 Å². The van der Waals surface area contributed by atoms with Crippen LogP contribution in [0.2, 0.25) is 0 Å². The minimum Gasteiger partial charge on any atom is -0.481 e. The Labute approximate surface area is 107 Å². The third-order valence-corrected chi connectivity index (χ3v) is 4.22. The van der Waals surface area contributed by atoms with Gasteiger partial charge in [-0.1, -0.05) is 0 Å². The molecule has 18 heavy (non-hydrogen) atoms. The smallest absolute Gasteiger partial charge is 0.306 e. The van der Waals surface area contributed by atoms with E-state index in [9.17, 15) is 9.59 Å². The highest BCUT2D eigenvalue weighted by molar-refractivity contribution is 5.79. The van der Waals surface area contributed by atoms with Crippen molar-refractivity contribution in [1.29, 1.82) is 0 Å². The summed E-state index contributed by atoms with van der Waals surface area (Å²) in [5.41, 5.74) is 0. The fourth-order valence-corrected chi connectivity index (χ4v) is 2.97. The van der Waals surface area contributed by atoms with Gasteiger partial charge in [-0.25, -0.2) is 0 Å². The van der Waals surface area contributed by atoms with Crippen molar-refractivity contribution in [3.8, 4) is 0 Å². The van der Waals surface area contributed by atoms with Gasteiger partial charge in [0.1, 0.15) is 0 Å². The lowest BCUT2D eigenvalue weighted by Gasteiger charge is -2.28. The predicted octanol–water partition coefficient (Wildman–Crippen LogP) is 1.12. The highest BCUT2D eigenvalue weighted by Crippen LogP contribution is 2.31. The van der Waals surface area contributed by atoms with Crippen LogP contribution in [0.1, 0.15) is 32.1 Å². The average molecular weight is 255 g/mol. The van der Waals surface area contributed by atoms with Gasteiger partial charge in [-0.05, 0) is 32.1 Å². The number of hydrogen-bond acceptors (Lipinski definition) is 3. The maximum Gasteiger partial charge on any atom is 0.306 e. The minimum atomic E-state index is -0.721. The molecule has 0 aromatic heterocycles. The van der Waals surface area contributed by atoms with E-state index in [1.54, 1.807) is 7.11 Å².